The van der Waals surface area contributed by atoms with E-state index >= 15 is 0 Å². The Morgan fingerprint density at radius 3 is 2.59 bits per heavy atom. The van der Waals surface area contributed by atoms with Crippen molar-refractivity contribution in [3.05, 3.63) is 77.1 Å². The van der Waals surface area contributed by atoms with Crippen LogP contribution in [-0.4, -0.2) is 21.9 Å². The van der Waals surface area contributed by atoms with Crippen LogP contribution in [0.4, 0.5) is 17.3 Å². The normalized spacial score (nSPS) is 15.5. The monoisotopic (exact) mass is 358 g/mol. The van der Waals surface area contributed by atoms with Gasteiger partial charge in [0.2, 0.25) is 5.95 Å². The second-order valence-corrected chi connectivity index (χ2v) is 7.10. The largest absolute Gasteiger partial charge is 0.324 e. The standard InChI is InChI=1S/C22H22N4O/c1-14-8-9-19(15(2)10-14)25-22-23-12-18(13-24-22)21(27)26-16(3)11-17-6-4-5-7-20(17)26/h4-10,12-13,16H,11H2,1-3H3,(H,23,24,25). The Kier molecular flexibility index (Phi) is 4.36. The number of nitrogens with one attached hydrogen (secondary N) is 1. The van der Waals surface area contributed by atoms with Gasteiger partial charge in [-0.1, -0.05) is 35.9 Å². The number of hydrogen-bond donors (Lipinski definition) is 1. The first-order chi connectivity index (χ1) is 13.0. The van der Waals surface area contributed by atoms with Gasteiger partial charge < -0.3 is 10.2 Å². The number of aromatic nitrogens is 2. The summed E-state index contributed by atoms with van der Waals surface area (Å²) in [7, 11) is 0. The van der Waals surface area contributed by atoms with Crippen molar-refractivity contribution in [2.24, 2.45) is 0 Å². The minimum Gasteiger partial charge on any atom is -0.324 e. The van der Waals surface area contributed by atoms with E-state index in [4.69, 9.17) is 0 Å². The summed E-state index contributed by atoms with van der Waals surface area (Å²) in [6.07, 6.45) is 4.05. The summed E-state index contributed by atoms with van der Waals surface area (Å²) in [6, 6.07) is 14.3. The van der Waals surface area contributed by atoms with Crippen molar-refractivity contribution >= 4 is 23.2 Å². The van der Waals surface area contributed by atoms with Crippen LogP contribution in [0.1, 0.15) is 34.0 Å². The molecular weight excluding hydrogens is 336 g/mol. The first-order valence-electron chi connectivity index (χ1n) is 9.11. The summed E-state index contributed by atoms with van der Waals surface area (Å²) in [6.45, 7) is 6.17. The molecule has 0 radical (unpaired) electrons. The Hall–Kier alpha value is -3.21. The molecule has 0 bridgehead atoms. The van der Waals surface area contributed by atoms with Crippen molar-refractivity contribution in [3.8, 4) is 0 Å². The minimum atomic E-state index is -0.0643. The summed E-state index contributed by atoms with van der Waals surface area (Å²) in [5.74, 6) is 0.416. The third-order valence-corrected chi connectivity index (χ3v) is 4.95. The fraction of sp³-hybridized carbons (Fsp3) is 0.227. The zero-order chi connectivity index (χ0) is 19.0. The van der Waals surface area contributed by atoms with Crippen molar-refractivity contribution in [1.82, 2.24) is 9.97 Å². The molecule has 3 aromatic rings. The first-order valence-corrected chi connectivity index (χ1v) is 9.11. The van der Waals surface area contributed by atoms with Gasteiger partial charge in [0.15, 0.2) is 0 Å². The topological polar surface area (TPSA) is 58.1 Å². The maximum Gasteiger partial charge on any atom is 0.261 e. The highest BCUT2D eigenvalue weighted by molar-refractivity contribution is 6.07. The maximum atomic E-state index is 13.0. The fourth-order valence-electron chi connectivity index (χ4n) is 3.59. The molecule has 27 heavy (non-hydrogen) atoms. The van der Waals surface area contributed by atoms with Crippen LogP contribution in [0.15, 0.2) is 54.9 Å². The van der Waals surface area contributed by atoms with E-state index in [0.29, 0.717) is 11.5 Å². The predicted molar refractivity (Wildman–Crippen MR) is 108 cm³/mol. The van der Waals surface area contributed by atoms with Gasteiger partial charge in [-0.2, -0.15) is 0 Å². The van der Waals surface area contributed by atoms with Crippen molar-refractivity contribution < 1.29 is 4.79 Å². The predicted octanol–water partition coefficient (Wildman–Crippen LogP) is 4.43. The van der Waals surface area contributed by atoms with E-state index in [1.807, 2.05) is 42.2 Å². The molecule has 5 nitrogen and oxygen atoms in total. The average molecular weight is 358 g/mol. The number of hydrogen-bond acceptors (Lipinski definition) is 4. The molecule has 4 rings (SSSR count). The van der Waals surface area contributed by atoms with E-state index in [-0.39, 0.29) is 11.9 Å². The number of benzene rings is 2. The SMILES string of the molecule is Cc1ccc(Nc2ncc(C(=O)N3c4ccccc4CC3C)cn2)c(C)c1. The highest BCUT2D eigenvalue weighted by atomic mass is 16.2. The fourth-order valence-corrected chi connectivity index (χ4v) is 3.59. The van der Waals surface area contributed by atoms with Crippen molar-refractivity contribution in [3.63, 3.8) is 0 Å². The quantitative estimate of drug-likeness (QED) is 0.752. The molecule has 0 fully saturated rings. The van der Waals surface area contributed by atoms with Crippen LogP contribution >= 0.6 is 0 Å². The molecule has 1 N–H and O–H groups in total. The molecular formula is C22H22N4O. The van der Waals surface area contributed by atoms with Gasteiger partial charge >= 0.3 is 0 Å². The van der Waals surface area contributed by atoms with Gasteiger partial charge in [0, 0.05) is 29.8 Å². The number of fused-ring (bicyclic) bond motifs is 1. The minimum absolute atomic E-state index is 0.0643. The Morgan fingerprint density at radius 2 is 1.85 bits per heavy atom. The Balaban J connectivity index is 1.55. The molecule has 1 amide bonds. The number of amides is 1. The molecule has 1 aliphatic heterocycles. The van der Waals surface area contributed by atoms with E-state index in [0.717, 1.165) is 23.4 Å². The summed E-state index contributed by atoms with van der Waals surface area (Å²) >= 11 is 0. The van der Waals surface area contributed by atoms with Crippen LogP contribution in [-0.2, 0) is 6.42 Å². The van der Waals surface area contributed by atoms with Gasteiger partial charge in [-0.15, -0.1) is 0 Å². The van der Waals surface area contributed by atoms with Crippen LogP contribution in [0.3, 0.4) is 0 Å². The number of aryl methyl sites for hydroxylation is 2. The molecule has 1 aliphatic rings. The summed E-state index contributed by atoms with van der Waals surface area (Å²) in [5.41, 5.74) is 5.97. The molecule has 0 saturated carbocycles. The van der Waals surface area contributed by atoms with Gasteiger partial charge in [0.25, 0.3) is 5.91 Å². The number of carbonyl (C=O) groups excluding carboxylic acids is 1. The molecule has 1 atom stereocenters. The average Bonchev–Trinajstić information content (AvgIpc) is 3.00. The zero-order valence-corrected chi connectivity index (χ0v) is 15.7. The molecule has 1 aromatic heterocycles. The van der Waals surface area contributed by atoms with Gasteiger partial charge in [-0.25, -0.2) is 9.97 Å². The van der Waals surface area contributed by atoms with E-state index in [1.165, 1.54) is 11.1 Å². The van der Waals surface area contributed by atoms with Gasteiger partial charge in [0.05, 0.1) is 5.56 Å². The van der Waals surface area contributed by atoms with Crippen LogP contribution in [0.5, 0.6) is 0 Å². The molecule has 0 saturated heterocycles. The highest BCUT2D eigenvalue weighted by Gasteiger charge is 2.31. The second kappa shape index (κ2) is 6.83. The third-order valence-electron chi connectivity index (χ3n) is 4.95. The van der Waals surface area contributed by atoms with Crippen molar-refractivity contribution in [2.75, 3.05) is 10.2 Å². The van der Waals surface area contributed by atoms with E-state index in [9.17, 15) is 4.79 Å². The van der Waals surface area contributed by atoms with Gasteiger partial charge in [-0.3, -0.25) is 4.79 Å². The van der Waals surface area contributed by atoms with Crippen LogP contribution in [0, 0.1) is 13.8 Å². The molecule has 2 aromatic carbocycles. The van der Waals surface area contributed by atoms with Crippen LogP contribution < -0.4 is 10.2 Å². The summed E-state index contributed by atoms with van der Waals surface area (Å²) in [5, 5.41) is 3.21. The third kappa shape index (κ3) is 3.28. The number of anilines is 3. The van der Waals surface area contributed by atoms with Gasteiger partial charge in [0.1, 0.15) is 0 Å². The molecule has 0 aliphatic carbocycles. The van der Waals surface area contributed by atoms with Crippen molar-refractivity contribution in [1.29, 1.82) is 0 Å². The number of para-hydroxylation sites is 1. The summed E-state index contributed by atoms with van der Waals surface area (Å²) in [4.78, 5) is 23.5. The van der Waals surface area contributed by atoms with Crippen LogP contribution in [0.25, 0.3) is 0 Å². The van der Waals surface area contributed by atoms with Gasteiger partial charge in [-0.05, 0) is 50.5 Å². The first kappa shape index (κ1) is 17.2. The number of carbonyl (C=O) groups is 1. The lowest BCUT2D eigenvalue weighted by molar-refractivity contribution is 0.0981. The lowest BCUT2D eigenvalue weighted by Crippen LogP contribution is -2.35. The van der Waals surface area contributed by atoms with E-state index in [2.05, 4.69) is 41.3 Å². The zero-order valence-electron chi connectivity index (χ0n) is 15.7. The van der Waals surface area contributed by atoms with E-state index in [1.54, 1.807) is 12.4 Å². The maximum absolute atomic E-state index is 13.0. The van der Waals surface area contributed by atoms with Crippen LogP contribution in [0.2, 0.25) is 0 Å². The summed E-state index contributed by atoms with van der Waals surface area (Å²) < 4.78 is 0. The van der Waals surface area contributed by atoms with Crippen molar-refractivity contribution in [2.45, 2.75) is 33.2 Å². The lowest BCUT2D eigenvalue weighted by Gasteiger charge is -2.22. The Labute approximate surface area is 159 Å². The molecule has 0 spiro atoms. The molecule has 2 heterocycles. The molecule has 1 unspecified atom stereocenters. The molecule has 136 valence electrons. The lowest BCUT2D eigenvalue weighted by atomic mass is 10.1. The highest BCUT2D eigenvalue weighted by Crippen LogP contribution is 2.33. The number of nitrogens with zero attached hydrogens (tertiary/aromatic N) is 3. The van der Waals surface area contributed by atoms with E-state index < -0.39 is 0 Å². The number of rotatable bonds is 3. The smallest absolute Gasteiger partial charge is 0.261 e. The Bertz CT molecular complexity index is 997. The molecule has 5 heteroatoms. The Morgan fingerprint density at radius 1 is 1.11 bits per heavy atom. The second-order valence-electron chi connectivity index (χ2n) is 7.10.